The van der Waals surface area contributed by atoms with Gasteiger partial charge in [-0.05, 0) is 51.6 Å². The van der Waals surface area contributed by atoms with Crippen LogP contribution in [-0.2, 0) is 4.74 Å². The maximum absolute atomic E-state index is 5.44. The fourth-order valence-electron chi connectivity index (χ4n) is 3.65. The zero-order valence-electron chi connectivity index (χ0n) is 12.2. The third-order valence-corrected chi connectivity index (χ3v) is 4.74. The van der Waals surface area contributed by atoms with Gasteiger partial charge in [0, 0.05) is 32.3 Å². The van der Waals surface area contributed by atoms with Crippen molar-refractivity contribution in [3.63, 3.8) is 0 Å². The van der Waals surface area contributed by atoms with Crippen molar-refractivity contribution in [1.29, 1.82) is 0 Å². The molecule has 1 saturated carbocycles. The Morgan fingerprint density at radius 1 is 1.06 bits per heavy atom. The molecule has 2 aliphatic rings. The Labute approximate surface area is 112 Å². The molecule has 2 atom stereocenters. The number of rotatable bonds is 5. The van der Waals surface area contributed by atoms with Gasteiger partial charge in [0.15, 0.2) is 0 Å². The molecule has 0 radical (unpaired) electrons. The van der Waals surface area contributed by atoms with Crippen LogP contribution in [0.4, 0.5) is 0 Å². The van der Waals surface area contributed by atoms with Gasteiger partial charge in [-0.3, -0.25) is 0 Å². The van der Waals surface area contributed by atoms with E-state index in [2.05, 4.69) is 24.3 Å². The third-order valence-electron chi connectivity index (χ3n) is 4.74. The lowest BCUT2D eigenvalue weighted by atomic mass is 9.84. The van der Waals surface area contributed by atoms with Crippen LogP contribution < -0.4 is 5.32 Å². The van der Waals surface area contributed by atoms with Crippen LogP contribution in [0.15, 0.2) is 0 Å². The molecule has 3 heteroatoms. The Morgan fingerprint density at radius 3 is 2.50 bits per heavy atom. The molecule has 106 valence electrons. The van der Waals surface area contributed by atoms with Gasteiger partial charge in [0.2, 0.25) is 0 Å². The number of nitrogens with one attached hydrogen (secondary N) is 1. The molecule has 2 unspecified atom stereocenters. The average Bonchev–Trinajstić information content (AvgIpc) is 2.40. The smallest absolute Gasteiger partial charge is 0.0469 e. The highest BCUT2D eigenvalue weighted by Crippen LogP contribution is 2.25. The first-order valence-electron chi connectivity index (χ1n) is 7.73. The molecule has 18 heavy (non-hydrogen) atoms. The second-order valence-corrected chi connectivity index (χ2v) is 6.22. The maximum atomic E-state index is 5.44. The van der Waals surface area contributed by atoms with Crippen LogP contribution in [0.3, 0.4) is 0 Å². The minimum Gasteiger partial charge on any atom is -0.381 e. The molecule has 1 saturated heterocycles. The number of hydrogen-bond acceptors (Lipinski definition) is 3. The second kappa shape index (κ2) is 7.46. The van der Waals surface area contributed by atoms with E-state index in [1.54, 1.807) is 0 Å². The first-order chi connectivity index (χ1) is 8.79. The van der Waals surface area contributed by atoms with Gasteiger partial charge >= 0.3 is 0 Å². The molecular formula is C15H30N2O. The standard InChI is InChI=1S/C15H30N2O/c1-16-15-6-4-3-5-14(15)12-17(2)11-13-7-9-18-10-8-13/h13-16H,3-12H2,1-2H3. The molecule has 1 heterocycles. The zero-order valence-corrected chi connectivity index (χ0v) is 12.2. The van der Waals surface area contributed by atoms with Crippen molar-refractivity contribution < 1.29 is 4.74 Å². The van der Waals surface area contributed by atoms with Crippen LogP contribution in [0.2, 0.25) is 0 Å². The van der Waals surface area contributed by atoms with Crippen molar-refractivity contribution in [2.24, 2.45) is 11.8 Å². The topological polar surface area (TPSA) is 24.5 Å². The van der Waals surface area contributed by atoms with E-state index in [4.69, 9.17) is 4.74 Å². The van der Waals surface area contributed by atoms with Crippen molar-refractivity contribution in [3.8, 4) is 0 Å². The minimum atomic E-state index is 0.746. The van der Waals surface area contributed by atoms with E-state index >= 15 is 0 Å². The Morgan fingerprint density at radius 2 is 1.78 bits per heavy atom. The predicted octanol–water partition coefficient (Wildman–Crippen LogP) is 2.12. The van der Waals surface area contributed by atoms with Crippen LogP contribution >= 0.6 is 0 Å². The maximum Gasteiger partial charge on any atom is 0.0469 e. The molecular weight excluding hydrogens is 224 g/mol. The number of hydrogen-bond donors (Lipinski definition) is 1. The van der Waals surface area contributed by atoms with E-state index in [9.17, 15) is 0 Å². The summed E-state index contributed by atoms with van der Waals surface area (Å²) in [7, 11) is 4.43. The van der Waals surface area contributed by atoms with Crippen LogP contribution in [0, 0.1) is 11.8 Å². The monoisotopic (exact) mass is 254 g/mol. The van der Waals surface area contributed by atoms with E-state index in [0.717, 1.165) is 31.1 Å². The van der Waals surface area contributed by atoms with Crippen molar-refractivity contribution in [2.75, 3.05) is 40.4 Å². The largest absolute Gasteiger partial charge is 0.381 e. The molecule has 1 aliphatic heterocycles. The lowest BCUT2D eigenvalue weighted by Gasteiger charge is -2.35. The normalized spacial score (nSPS) is 30.8. The van der Waals surface area contributed by atoms with E-state index in [-0.39, 0.29) is 0 Å². The summed E-state index contributed by atoms with van der Waals surface area (Å²) in [6, 6.07) is 0.746. The van der Waals surface area contributed by atoms with E-state index < -0.39 is 0 Å². The minimum absolute atomic E-state index is 0.746. The Balaban J connectivity index is 1.73. The van der Waals surface area contributed by atoms with Gasteiger partial charge in [-0.15, -0.1) is 0 Å². The van der Waals surface area contributed by atoms with Gasteiger partial charge in [0.1, 0.15) is 0 Å². The fraction of sp³-hybridized carbons (Fsp3) is 1.00. The highest BCUT2D eigenvalue weighted by molar-refractivity contribution is 4.82. The van der Waals surface area contributed by atoms with Crippen LogP contribution in [0.5, 0.6) is 0 Å². The molecule has 0 spiro atoms. The summed E-state index contributed by atoms with van der Waals surface area (Å²) in [6.45, 7) is 4.47. The number of ether oxygens (including phenoxy) is 1. The quantitative estimate of drug-likeness (QED) is 0.813. The first kappa shape index (κ1) is 14.3. The molecule has 2 rings (SSSR count). The van der Waals surface area contributed by atoms with Crippen LogP contribution in [-0.4, -0.2) is 51.3 Å². The van der Waals surface area contributed by atoms with E-state index in [1.165, 1.54) is 51.6 Å². The van der Waals surface area contributed by atoms with Crippen molar-refractivity contribution in [1.82, 2.24) is 10.2 Å². The van der Waals surface area contributed by atoms with Gasteiger partial charge in [-0.1, -0.05) is 12.8 Å². The predicted molar refractivity (Wildman–Crippen MR) is 75.8 cm³/mol. The van der Waals surface area contributed by atoms with Crippen molar-refractivity contribution in [2.45, 2.75) is 44.6 Å². The molecule has 0 amide bonds. The molecule has 0 aromatic carbocycles. The molecule has 3 nitrogen and oxygen atoms in total. The van der Waals surface area contributed by atoms with Gasteiger partial charge < -0.3 is 15.0 Å². The summed E-state index contributed by atoms with van der Waals surface area (Å²) >= 11 is 0. The summed E-state index contributed by atoms with van der Waals surface area (Å²) < 4.78 is 5.44. The van der Waals surface area contributed by atoms with E-state index in [0.29, 0.717) is 0 Å². The van der Waals surface area contributed by atoms with Crippen LogP contribution in [0.1, 0.15) is 38.5 Å². The summed E-state index contributed by atoms with van der Waals surface area (Å²) in [5, 5.41) is 3.52. The lowest BCUT2D eigenvalue weighted by Crippen LogP contribution is -2.43. The Bertz CT molecular complexity index is 229. The third kappa shape index (κ3) is 4.22. The molecule has 0 aromatic rings. The summed E-state index contributed by atoms with van der Waals surface area (Å²) in [5.74, 6) is 1.72. The Hall–Kier alpha value is -0.120. The lowest BCUT2D eigenvalue weighted by molar-refractivity contribution is 0.0522. The SMILES string of the molecule is CNC1CCCCC1CN(C)CC1CCOCC1. The van der Waals surface area contributed by atoms with Crippen LogP contribution in [0.25, 0.3) is 0 Å². The highest BCUT2D eigenvalue weighted by atomic mass is 16.5. The highest BCUT2D eigenvalue weighted by Gasteiger charge is 2.25. The molecule has 2 fully saturated rings. The second-order valence-electron chi connectivity index (χ2n) is 6.22. The summed E-state index contributed by atoms with van der Waals surface area (Å²) in [6.07, 6.45) is 8.12. The first-order valence-corrected chi connectivity index (χ1v) is 7.73. The van der Waals surface area contributed by atoms with Gasteiger partial charge in [-0.25, -0.2) is 0 Å². The van der Waals surface area contributed by atoms with Gasteiger partial charge in [-0.2, -0.15) is 0 Å². The average molecular weight is 254 g/mol. The van der Waals surface area contributed by atoms with Crippen molar-refractivity contribution in [3.05, 3.63) is 0 Å². The molecule has 1 aliphatic carbocycles. The van der Waals surface area contributed by atoms with E-state index in [1.807, 2.05) is 0 Å². The fourth-order valence-corrected chi connectivity index (χ4v) is 3.65. The molecule has 1 N–H and O–H groups in total. The van der Waals surface area contributed by atoms with Crippen molar-refractivity contribution >= 4 is 0 Å². The number of nitrogens with zero attached hydrogens (tertiary/aromatic N) is 1. The molecule has 0 aromatic heterocycles. The zero-order chi connectivity index (χ0) is 12.8. The van der Waals surface area contributed by atoms with Gasteiger partial charge in [0.05, 0.1) is 0 Å². The summed E-state index contributed by atoms with van der Waals surface area (Å²) in [5.41, 5.74) is 0. The molecule has 0 bridgehead atoms. The Kier molecular flexibility index (Phi) is 5.93. The van der Waals surface area contributed by atoms with Gasteiger partial charge in [0.25, 0.3) is 0 Å². The summed E-state index contributed by atoms with van der Waals surface area (Å²) in [4.78, 5) is 2.57.